The highest BCUT2D eigenvalue weighted by Gasteiger charge is 2.19. The summed E-state index contributed by atoms with van der Waals surface area (Å²) in [7, 11) is 0. The van der Waals surface area contributed by atoms with Gasteiger partial charge in [-0.3, -0.25) is 4.79 Å². The molecular weight excluding hydrogens is 305 g/mol. The maximum absolute atomic E-state index is 12.3. The van der Waals surface area contributed by atoms with Crippen LogP contribution in [0, 0.1) is 0 Å². The Morgan fingerprint density at radius 3 is 2.29 bits per heavy atom. The second kappa shape index (κ2) is 6.08. The predicted molar refractivity (Wildman–Crippen MR) is 89.6 cm³/mol. The van der Waals surface area contributed by atoms with Gasteiger partial charge in [-0.1, -0.05) is 62.2 Å². The molecule has 2 rings (SSSR count). The van der Waals surface area contributed by atoms with Gasteiger partial charge in [-0.05, 0) is 35.2 Å². The van der Waals surface area contributed by atoms with Gasteiger partial charge in [0.15, 0.2) is 0 Å². The lowest BCUT2D eigenvalue weighted by atomic mass is 9.86. The van der Waals surface area contributed by atoms with Crippen LogP contribution in [0.2, 0.25) is 10.0 Å². The summed E-state index contributed by atoms with van der Waals surface area (Å²) in [5.41, 5.74) is 2.31. The molecule has 0 bridgehead atoms. The van der Waals surface area contributed by atoms with Crippen molar-refractivity contribution in [3.05, 3.63) is 63.6 Å². The van der Waals surface area contributed by atoms with Crippen molar-refractivity contribution < 1.29 is 4.79 Å². The molecule has 0 atom stereocenters. The molecule has 1 N–H and O–H groups in total. The number of anilines is 1. The topological polar surface area (TPSA) is 29.1 Å². The monoisotopic (exact) mass is 321 g/mol. The van der Waals surface area contributed by atoms with Crippen LogP contribution in [0.5, 0.6) is 0 Å². The number of rotatable bonds is 2. The summed E-state index contributed by atoms with van der Waals surface area (Å²) in [5, 5.41) is 3.74. The lowest BCUT2D eigenvalue weighted by molar-refractivity contribution is 0.102. The third-order valence-corrected chi connectivity index (χ3v) is 3.90. The minimum atomic E-state index is -0.203. The van der Waals surface area contributed by atoms with Crippen molar-refractivity contribution in [1.82, 2.24) is 0 Å². The van der Waals surface area contributed by atoms with Gasteiger partial charge in [-0.15, -0.1) is 0 Å². The first kappa shape index (κ1) is 15.9. The Morgan fingerprint density at radius 2 is 1.67 bits per heavy atom. The Morgan fingerprint density at radius 1 is 1.00 bits per heavy atom. The zero-order valence-corrected chi connectivity index (χ0v) is 13.7. The van der Waals surface area contributed by atoms with Crippen molar-refractivity contribution in [1.29, 1.82) is 0 Å². The highest BCUT2D eigenvalue weighted by atomic mass is 35.5. The molecule has 0 spiro atoms. The van der Waals surface area contributed by atoms with Crippen molar-refractivity contribution >= 4 is 34.8 Å². The molecular formula is C17H17Cl2NO. The smallest absolute Gasteiger partial charge is 0.255 e. The number of halogens is 2. The van der Waals surface area contributed by atoms with Crippen LogP contribution in [0.4, 0.5) is 5.69 Å². The van der Waals surface area contributed by atoms with Crippen molar-refractivity contribution in [2.24, 2.45) is 0 Å². The summed E-state index contributed by atoms with van der Waals surface area (Å²) in [6.45, 7) is 6.32. The van der Waals surface area contributed by atoms with E-state index in [9.17, 15) is 4.79 Å². The number of carbonyl (C=O) groups is 1. The minimum Gasteiger partial charge on any atom is -0.322 e. The molecule has 0 unspecified atom stereocenters. The maximum atomic E-state index is 12.3. The van der Waals surface area contributed by atoms with Crippen molar-refractivity contribution in [2.75, 3.05) is 5.32 Å². The third-order valence-electron chi connectivity index (χ3n) is 3.17. The van der Waals surface area contributed by atoms with Gasteiger partial charge in [-0.25, -0.2) is 0 Å². The second-order valence-electron chi connectivity index (χ2n) is 5.88. The Labute approximate surface area is 135 Å². The second-order valence-corrected chi connectivity index (χ2v) is 6.69. The van der Waals surface area contributed by atoms with E-state index < -0.39 is 0 Å². The number of hydrogen-bond donors (Lipinski definition) is 1. The van der Waals surface area contributed by atoms with Crippen molar-refractivity contribution in [3.63, 3.8) is 0 Å². The van der Waals surface area contributed by atoms with Gasteiger partial charge >= 0.3 is 0 Å². The van der Waals surface area contributed by atoms with E-state index in [4.69, 9.17) is 23.2 Å². The molecule has 0 heterocycles. The van der Waals surface area contributed by atoms with Gasteiger partial charge in [0.05, 0.1) is 10.0 Å². The molecule has 0 saturated heterocycles. The lowest BCUT2D eigenvalue weighted by Gasteiger charge is -2.23. The van der Waals surface area contributed by atoms with Gasteiger partial charge in [0.2, 0.25) is 0 Å². The quantitative estimate of drug-likeness (QED) is 0.772. The first-order valence-electron chi connectivity index (χ1n) is 6.65. The number of carbonyl (C=O) groups excluding carboxylic acids is 1. The van der Waals surface area contributed by atoms with E-state index in [1.165, 1.54) is 0 Å². The highest BCUT2D eigenvalue weighted by molar-refractivity contribution is 6.42. The largest absolute Gasteiger partial charge is 0.322 e. The van der Waals surface area contributed by atoms with E-state index in [1.54, 1.807) is 18.2 Å². The van der Waals surface area contributed by atoms with Gasteiger partial charge in [0, 0.05) is 11.3 Å². The zero-order chi connectivity index (χ0) is 15.6. The Kier molecular flexibility index (Phi) is 4.60. The predicted octanol–water partition coefficient (Wildman–Crippen LogP) is 5.54. The number of para-hydroxylation sites is 1. The fourth-order valence-electron chi connectivity index (χ4n) is 2.08. The molecule has 0 aliphatic carbocycles. The lowest BCUT2D eigenvalue weighted by Crippen LogP contribution is -2.18. The summed E-state index contributed by atoms with van der Waals surface area (Å²) in [4.78, 5) is 12.3. The van der Waals surface area contributed by atoms with Crippen LogP contribution in [0.3, 0.4) is 0 Å². The number of hydrogen-bond acceptors (Lipinski definition) is 1. The third kappa shape index (κ3) is 3.78. The summed E-state index contributed by atoms with van der Waals surface area (Å²) in [6.07, 6.45) is 0. The van der Waals surface area contributed by atoms with Gasteiger partial charge in [-0.2, -0.15) is 0 Å². The molecule has 110 valence electrons. The molecule has 0 saturated carbocycles. The molecule has 1 amide bonds. The zero-order valence-electron chi connectivity index (χ0n) is 12.2. The van der Waals surface area contributed by atoms with Gasteiger partial charge in [0.1, 0.15) is 0 Å². The van der Waals surface area contributed by atoms with E-state index in [-0.39, 0.29) is 11.3 Å². The van der Waals surface area contributed by atoms with Crippen LogP contribution < -0.4 is 5.32 Å². The Hall–Kier alpha value is -1.51. The molecule has 0 aliphatic rings. The first-order valence-corrected chi connectivity index (χ1v) is 7.40. The standard InChI is InChI=1S/C17H17Cl2NO/c1-17(2,3)12-6-4-5-7-15(12)20-16(21)11-8-9-13(18)14(19)10-11/h4-10H,1-3H3,(H,20,21). The SMILES string of the molecule is CC(C)(C)c1ccccc1NC(=O)c1ccc(Cl)c(Cl)c1. The molecule has 2 nitrogen and oxygen atoms in total. The van der Waals surface area contributed by atoms with Crippen LogP contribution in [-0.2, 0) is 5.41 Å². The van der Waals surface area contributed by atoms with E-state index in [0.29, 0.717) is 15.6 Å². The van der Waals surface area contributed by atoms with Gasteiger partial charge < -0.3 is 5.32 Å². The van der Waals surface area contributed by atoms with E-state index in [0.717, 1.165) is 11.3 Å². The highest BCUT2D eigenvalue weighted by Crippen LogP contribution is 2.30. The van der Waals surface area contributed by atoms with Crippen LogP contribution in [0.1, 0.15) is 36.7 Å². The molecule has 0 aromatic heterocycles. The summed E-state index contributed by atoms with van der Waals surface area (Å²) in [5.74, 6) is -0.203. The first-order chi connectivity index (χ1) is 9.79. The molecule has 0 radical (unpaired) electrons. The van der Waals surface area contributed by atoms with Crippen LogP contribution in [-0.4, -0.2) is 5.91 Å². The van der Waals surface area contributed by atoms with E-state index >= 15 is 0 Å². The number of nitrogens with one attached hydrogen (secondary N) is 1. The molecule has 2 aromatic rings. The molecule has 0 fully saturated rings. The number of amides is 1. The average Bonchev–Trinajstić information content (AvgIpc) is 2.41. The minimum absolute atomic E-state index is 0.0541. The normalized spacial score (nSPS) is 11.3. The average molecular weight is 322 g/mol. The summed E-state index contributed by atoms with van der Waals surface area (Å²) < 4.78 is 0. The molecule has 0 aliphatic heterocycles. The fourth-order valence-corrected chi connectivity index (χ4v) is 2.38. The van der Waals surface area contributed by atoms with Crippen LogP contribution in [0.15, 0.2) is 42.5 Å². The van der Waals surface area contributed by atoms with Crippen LogP contribution in [0.25, 0.3) is 0 Å². The summed E-state index contributed by atoms with van der Waals surface area (Å²) in [6, 6.07) is 12.6. The van der Waals surface area contributed by atoms with Crippen molar-refractivity contribution in [2.45, 2.75) is 26.2 Å². The Bertz CT molecular complexity index is 675. The molecule has 21 heavy (non-hydrogen) atoms. The van der Waals surface area contributed by atoms with E-state index in [2.05, 4.69) is 26.1 Å². The van der Waals surface area contributed by atoms with Crippen LogP contribution >= 0.6 is 23.2 Å². The number of benzene rings is 2. The van der Waals surface area contributed by atoms with E-state index in [1.807, 2.05) is 24.3 Å². The van der Waals surface area contributed by atoms with Crippen molar-refractivity contribution in [3.8, 4) is 0 Å². The molecule has 2 aromatic carbocycles. The Balaban J connectivity index is 2.30. The molecule has 4 heteroatoms. The van der Waals surface area contributed by atoms with Gasteiger partial charge in [0.25, 0.3) is 5.91 Å². The maximum Gasteiger partial charge on any atom is 0.255 e. The fraction of sp³-hybridized carbons (Fsp3) is 0.235. The summed E-state index contributed by atoms with van der Waals surface area (Å²) >= 11 is 11.8.